The van der Waals surface area contributed by atoms with Gasteiger partial charge in [0.1, 0.15) is 0 Å². The molecule has 1 aromatic rings. The molecular weight excluding hydrogens is 242 g/mol. The van der Waals surface area contributed by atoms with Crippen molar-refractivity contribution in [1.29, 1.82) is 0 Å². The quantitative estimate of drug-likeness (QED) is 0.810. The van der Waals surface area contributed by atoms with Crippen molar-refractivity contribution in [2.75, 3.05) is 24.5 Å². The molecule has 0 spiro atoms. The van der Waals surface area contributed by atoms with E-state index in [4.69, 9.17) is 5.73 Å². The van der Waals surface area contributed by atoms with Crippen LogP contribution < -0.4 is 16.0 Å². The summed E-state index contributed by atoms with van der Waals surface area (Å²) in [6, 6.07) is 3.95. The Bertz CT molecular complexity index is 420. The zero-order valence-electron chi connectivity index (χ0n) is 11.3. The third-order valence-corrected chi connectivity index (χ3v) is 3.33. The van der Waals surface area contributed by atoms with Gasteiger partial charge in [0.05, 0.1) is 0 Å². The molecular formula is C13H21N5O. The first-order valence-corrected chi connectivity index (χ1v) is 6.82. The largest absolute Gasteiger partial charge is 0.364 e. The van der Waals surface area contributed by atoms with Crippen LogP contribution in [0.25, 0.3) is 0 Å². The average molecular weight is 263 g/mol. The summed E-state index contributed by atoms with van der Waals surface area (Å²) in [6.07, 6.45) is 3.48. The lowest BCUT2D eigenvalue weighted by atomic mass is 10.1. The Hall–Kier alpha value is -1.69. The minimum atomic E-state index is -0.541. The van der Waals surface area contributed by atoms with Crippen LogP contribution in [0.1, 0.15) is 36.7 Å². The smallest absolute Gasteiger partial charge is 0.269 e. The number of amides is 1. The lowest BCUT2D eigenvalue weighted by Crippen LogP contribution is -2.46. The van der Waals surface area contributed by atoms with Crippen molar-refractivity contribution in [1.82, 2.24) is 15.5 Å². The summed E-state index contributed by atoms with van der Waals surface area (Å²) in [5, 5.41) is 11.5. The molecule has 0 radical (unpaired) electrons. The molecule has 1 aromatic heterocycles. The molecule has 0 aliphatic carbocycles. The minimum Gasteiger partial charge on any atom is -0.364 e. The Morgan fingerprint density at radius 3 is 3.00 bits per heavy atom. The lowest BCUT2D eigenvalue weighted by molar-refractivity contribution is 0.0994. The molecule has 6 heteroatoms. The van der Waals surface area contributed by atoms with Gasteiger partial charge in [0.25, 0.3) is 5.91 Å². The first-order chi connectivity index (χ1) is 9.20. The average Bonchev–Trinajstić information content (AvgIpc) is 2.45. The van der Waals surface area contributed by atoms with Crippen molar-refractivity contribution < 1.29 is 4.79 Å². The summed E-state index contributed by atoms with van der Waals surface area (Å²) < 4.78 is 0. The van der Waals surface area contributed by atoms with Crippen LogP contribution in [0.2, 0.25) is 0 Å². The lowest BCUT2D eigenvalue weighted by Gasteiger charge is -2.33. The first-order valence-electron chi connectivity index (χ1n) is 6.82. The fraction of sp³-hybridized carbons (Fsp3) is 0.615. The van der Waals surface area contributed by atoms with Crippen molar-refractivity contribution >= 4 is 11.7 Å². The normalized spacial score (nSPS) is 19.4. The fourth-order valence-electron chi connectivity index (χ4n) is 2.33. The number of aromatic nitrogens is 2. The summed E-state index contributed by atoms with van der Waals surface area (Å²) in [4.78, 5) is 13.2. The van der Waals surface area contributed by atoms with Crippen molar-refractivity contribution in [2.45, 2.75) is 32.2 Å². The van der Waals surface area contributed by atoms with Crippen LogP contribution >= 0.6 is 0 Å². The van der Waals surface area contributed by atoms with Crippen LogP contribution in [0.3, 0.4) is 0 Å². The highest BCUT2D eigenvalue weighted by molar-refractivity contribution is 5.90. The summed E-state index contributed by atoms with van der Waals surface area (Å²) in [5.74, 6) is 0.271. The van der Waals surface area contributed by atoms with E-state index in [1.807, 2.05) is 6.07 Å². The van der Waals surface area contributed by atoms with E-state index in [9.17, 15) is 4.79 Å². The molecule has 0 bridgehead atoms. The van der Waals surface area contributed by atoms with Gasteiger partial charge in [-0.05, 0) is 37.9 Å². The van der Waals surface area contributed by atoms with Crippen LogP contribution in [-0.4, -0.2) is 41.8 Å². The molecule has 1 aliphatic rings. The number of nitrogens with two attached hydrogens (primary N) is 1. The number of rotatable bonds is 5. The van der Waals surface area contributed by atoms with Gasteiger partial charge in [-0.3, -0.25) is 4.79 Å². The monoisotopic (exact) mass is 263 g/mol. The maximum absolute atomic E-state index is 11.0. The van der Waals surface area contributed by atoms with Gasteiger partial charge in [0, 0.05) is 19.1 Å². The third kappa shape index (κ3) is 3.64. The summed E-state index contributed by atoms with van der Waals surface area (Å²) in [6.45, 7) is 5.13. The van der Waals surface area contributed by atoms with Crippen LogP contribution in [-0.2, 0) is 0 Å². The Kier molecular flexibility index (Phi) is 4.68. The molecule has 2 heterocycles. The van der Waals surface area contributed by atoms with Gasteiger partial charge in [0.15, 0.2) is 11.5 Å². The molecule has 6 nitrogen and oxygen atoms in total. The second-order valence-electron chi connectivity index (χ2n) is 4.88. The molecule has 1 fully saturated rings. The predicted octanol–water partition coefficient (Wildman–Crippen LogP) is 0.544. The molecule has 1 amide bonds. The number of carbonyl (C=O) groups is 1. The number of anilines is 1. The van der Waals surface area contributed by atoms with Gasteiger partial charge in [-0.1, -0.05) is 6.92 Å². The highest BCUT2D eigenvalue weighted by Crippen LogP contribution is 2.17. The first kappa shape index (κ1) is 13.7. The molecule has 1 saturated heterocycles. The van der Waals surface area contributed by atoms with Crippen LogP contribution in [0.4, 0.5) is 5.82 Å². The molecule has 3 N–H and O–H groups in total. The number of piperidine rings is 1. The molecule has 1 atom stereocenters. The summed E-state index contributed by atoms with van der Waals surface area (Å²) in [7, 11) is 0. The van der Waals surface area contributed by atoms with E-state index >= 15 is 0 Å². The van der Waals surface area contributed by atoms with E-state index in [0.29, 0.717) is 6.04 Å². The van der Waals surface area contributed by atoms with Crippen LogP contribution in [0, 0.1) is 0 Å². The Morgan fingerprint density at radius 1 is 1.53 bits per heavy atom. The maximum Gasteiger partial charge on any atom is 0.269 e. The molecule has 104 valence electrons. The second kappa shape index (κ2) is 6.47. The second-order valence-corrected chi connectivity index (χ2v) is 4.88. The van der Waals surface area contributed by atoms with Crippen molar-refractivity contribution in [3.05, 3.63) is 17.8 Å². The van der Waals surface area contributed by atoms with Crippen LogP contribution in [0.5, 0.6) is 0 Å². The van der Waals surface area contributed by atoms with E-state index in [1.165, 1.54) is 6.42 Å². The SMILES string of the molecule is CCCNC1CCCN(c2ccc(C(N)=O)nn2)C1. The molecule has 1 unspecified atom stereocenters. The van der Waals surface area contributed by atoms with Crippen LogP contribution in [0.15, 0.2) is 12.1 Å². The number of hydrogen-bond acceptors (Lipinski definition) is 5. The number of nitrogens with one attached hydrogen (secondary N) is 1. The Morgan fingerprint density at radius 2 is 2.37 bits per heavy atom. The number of hydrogen-bond donors (Lipinski definition) is 2. The van der Waals surface area contributed by atoms with Crippen molar-refractivity contribution in [3.8, 4) is 0 Å². The Balaban J connectivity index is 1.98. The van der Waals surface area contributed by atoms with Crippen molar-refractivity contribution in [3.63, 3.8) is 0 Å². The molecule has 2 rings (SSSR count). The number of primary amides is 1. The van der Waals surface area contributed by atoms with Crippen molar-refractivity contribution in [2.24, 2.45) is 5.73 Å². The highest BCUT2D eigenvalue weighted by atomic mass is 16.1. The van der Waals surface area contributed by atoms with Gasteiger partial charge >= 0.3 is 0 Å². The van der Waals surface area contributed by atoms with Gasteiger partial charge in [-0.2, -0.15) is 0 Å². The maximum atomic E-state index is 11.0. The molecule has 0 saturated carbocycles. The molecule has 19 heavy (non-hydrogen) atoms. The van der Waals surface area contributed by atoms with E-state index < -0.39 is 5.91 Å². The molecule has 0 aromatic carbocycles. The summed E-state index contributed by atoms with van der Waals surface area (Å²) in [5.41, 5.74) is 5.36. The zero-order chi connectivity index (χ0) is 13.7. The van der Waals surface area contributed by atoms with Gasteiger partial charge in [0.2, 0.25) is 0 Å². The van der Waals surface area contributed by atoms with Gasteiger partial charge in [-0.25, -0.2) is 0 Å². The summed E-state index contributed by atoms with van der Waals surface area (Å²) >= 11 is 0. The van der Waals surface area contributed by atoms with Gasteiger partial charge in [-0.15, -0.1) is 10.2 Å². The van der Waals surface area contributed by atoms with E-state index in [2.05, 4.69) is 27.3 Å². The minimum absolute atomic E-state index is 0.210. The highest BCUT2D eigenvalue weighted by Gasteiger charge is 2.20. The molecule has 1 aliphatic heterocycles. The Labute approximate surface area is 113 Å². The number of nitrogens with zero attached hydrogens (tertiary/aromatic N) is 3. The number of carbonyl (C=O) groups excluding carboxylic acids is 1. The van der Waals surface area contributed by atoms with Gasteiger partial charge < -0.3 is 16.0 Å². The zero-order valence-corrected chi connectivity index (χ0v) is 11.3. The predicted molar refractivity (Wildman–Crippen MR) is 74.1 cm³/mol. The van der Waals surface area contributed by atoms with E-state index in [1.54, 1.807) is 6.07 Å². The standard InChI is InChI=1S/C13H21N5O/c1-2-7-15-10-4-3-8-18(9-10)12-6-5-11(13(14)19)16-17-12/h5-6,10,15H,2-4,7-9H2,1H3,(H2,14,19). The topological polar surface area (TPSA) is 84.1 Å². The third-order valence-electron chi connectivity index (χ3n) is 3.33. The van der Waals surface area contributed by atoms with E-state index in [0.717, 1.165) is 38.3 Å². The van der Waals surface area contributed by atoms with E-state index in [-0.39, 0.29) is 5.69 Å². The fourth-order valence-corrected chi connectivity index (χ4v) is 2.33.